The van der Waals surface area contributed by atoms with Gasteiger partial charge in [0.05, 0.1) is 30.4 Å². The van der Waals surface area contributed by atoms with E-state index in [1.165, 1.54) is 35.6 Å². The van der Waals surface area contributed by atoms with Gasteiger partial charge < -0.3 is 29.6 Å². The van der Waals surface area contributed by atoms with E-state index >= 15 is 0 Å². The molecule has 8 nitrogen and oxygen atoms in total. The molecular weight excluding hydrogens is 1180 g/mol. The zero-order valence-corrected chi connectivity index (χ0v) is 49.5. The summed E-state index contributed by atoms with van der Waals surface area (Å²) in [6.45, 7) is 4.91. The average Bonchev–Trinajstić information content (AvgIpc) is 3.64. The SMILES string of the molecule is CNCC[C@@H](Oc1ccccc1C)c1ccccc1.Cc1cc([S+]2c3ccccc3Sc3ccccc32)ccc1O[C@H](CCN(C)C(=O)C(F)(F)F)c1ccccc1.O=C([O-])C(F)(F)F.O=S1c2ccccc2Sc2ccccc21.S=S. The lowest BCUT2D eigenvalue weighted by Crippen LogP contribution is -2.39. The van der Waals surface area contributed by atoms with Gasteiger partial charge in [-0.3, -0.25) is 4.79 Å². The molecule has 82 heavy (non-hydrogen) atoms. The second-order valence-electron chi connectivity index (χ2n) is 18.0. The van der Waals surface area contributed by atoms with Crippen molar-refractivity contribution in [3.63, 3.8) is 0 Å². The summed E-state index contributed by atoms with van der Waals surface area (Å²) in [5, 5.41) is 12.0. The number of carboxylic acids is 1. The van der Waals surface area contributed by atoms with E-state index in [4.69, 9.17) is 19.4 Å². The number of fused-ring (bicyclic) bond motifs is 4. The molecule has 0 radical (unpaired) electrons. The number of hydrogen-bond donors (Lipinski definition) is 1. The summed E-state index contributed by atoms with van der Waals surface area (Å²) in [6.07, 6.45) is -9.36. The van der Waals surface area contributed by atoms with Crippen LogP contribution in [0.1, 0.15) is 47.3 Å². The van der Waals surface area contributed by atoms with Gasteiger partial charge in [-0.25, -0.2) is 4.21 Å². The maximum absolute atomic E-state index is 12.9. The Hall–Kier alpha value is -6.52. The molecule has 8 aromatic carbocycles. The highest BCUT2D eigenvalue weighted by Gasteiger charge is 2.42. The lowest BCUT2D eigenvalue weighted by molar-refractivity contribution is -0.344. The molecule has 20 heteroatoms. The molecule has 1 N–H and O–H groups in total. The summed E-state index contributed by atoms with van der Waals surface area (Å²) in [4.78, 5) is 31.5. The molecule has 2 atom stereocenters. The number of aliphatic carboxylic acids is 1. The van der Waals surface area contributed by atoms with Crippen molar-refractivity contribution >= 4 is 79.5 Å². The zero-order chi connectivity index (χ0) is 59.4. The molecule has 10 rings (SSSR count). The van der Waals surface area contributed by atoms with Crippen molar-refractivity contribution in [1.29, 1.82) is 0 Å². The number of rotatable bonds is 13. The van der Waals surface area contributed by atoms with E-state index < -0.39 is 41.1 Å². The normalized spacial score (nSPS) is 13.0. The molecule has 1 amide bonds. The molecular formula is C62H56F6N2O6S6. The van der Waals surface area contributed by atoms with Gasteiger partial charge in [0.25, 0.3) is 0 Å². The van der Waals surface area contributed by atoms with Gasteiger partial charge in [0.1, 0.15) is 40.6 Å². The van der Waals surface area contributed by atoms with E-state index in [1.807, 2.05) is 123 Å². The number of nitrogens with zero attached hydrogens (tertiary/aromatic N) is 1. The maximum atomic E-state index is 12.9. The fourth-order valence-corrected chi connectivity index (χ4v) is 14.8. The van der Waals surface area contributed by atoms with E-state index in [0.29, 0.717) is 10.6 Å². The van der Waals surface area contributed by atoms with Crippen LogP contribution >= 0.6 is 23.5 Å². The molecule has 0 unspecified atom stereocenters. The first kappa shape index (κ1) is 64.6. The van der Waals surface area contributed by atoms with Crippen LogP contribution in [0.2, 0.25) is 0 Å². The number of hydrogen-bond acceptors (Lipinski definition) is 11. The highest BCUT2D eigenvalue weighted by Crippen LogP contribution is 2.49. The third kappa shape index (κ3) is 18.0. The van der Waals surface area contributed by atoms with Gasteiger partial charge in [0.15, 0.2) is 14.7 Å². The number of carbonyl (C=O) groups is 2. The van der Waals surface area contributed by atoms with Crippen molar-refractivity contribution in [2.75, 3.05) is 27.2 Å². The third-order valence-electron chi connectivity index (χ3n) is 12.2. The Morgan fingerprint density at radius 2 is 1.00 bits per heavy atom. The maximum Gasteiger partial charge on any atom is 0.471 e. The van der Waals surface area contributed by atoms with Crippen molar-refractivity contribution in [3.8, 4) is 11.5 Å². The Balaban J connectivity index is 0.000000207. The Labute approximate surface area is 497 Å². The van der Waals surface area contributed by atoms with Crippen molar-refractivity contribution in [1.82, 2.24) is 10.2 Å². The molecule has 2 heterocycles. The standard InChI is InChI=1S/C31H27F3NO2S2.C17H21NO.C12H8OS2.C2HF3O2.S2/c1-21-20-23(39-28-14-8-6-12-26(28)38-27-13-7-9-15-29(27)39)16-17-24(21)37-25(22-10-4-3-5-11-22)18-19-35(2)30(36)31(32,33)34;1-14-8-6-7-11-16(14)19-17(12-13-18-2)15-9-4-3-5-10-15;13-15-11-7-3-1-5-9(11)14-10-6-2-4-8-12(10)15;3-2(4,5)1(6)7;1-2/h3-17,20,25H,18-19H2,1-2H3;3-11,17-18H,12-13H2,1-2H3;1-8H;(H,6,7);/q+1;;;;/p-1/t25-;17-;;;/m11.../s1. The topological polar surface area (TPSA) is 108 Å². The number of halogens is 6. The number of alkyl halides is 6. The van der Waals surface area contributed by atoms with Crippen LogP contribution in [0, 0.1) is 13.8 Å². The smallest absolute Gasteiger partial charge is 0.471 e. The van der Waals surface area contributed by atoms with Gasteiger partial charge in [-0.15, -0.1) is 0 Å². The predicted molar refractivity (Wildman–Crippen MR) is 315 cm³/mol. The third-order valence-corrected chi connectivity index (χ3v) is 18.9. The average molecular weight is 1230 g/mol. The summed E-state index contributed by atoms with van der Waals surface area (Å²) >= 11 is 10.8. The van der Waals surface area contributed by atoms with Crippen molar-refractivity contribution in [3.05, 3.63) is 222 Å². The van der Waals surface area contributed by atoms with Gasteiger partial charge in [-0.05, 0) is 116 Å². The second kappa shape index (κ2) is 31.2. The van der Waals surface area contributed by atoms with Gasteiger partial charge in [-0.2, -0.15) is 26.3 Å². The monoisotopic (exact) mass is 1230 g/mol. The van der Waals surface area contributed by atoms with Crippen molar-refractivity contribution < 1.29 is 54.7 Å². The molecule has 2 aliphatic heterocycles. The molecule has 0 aromatic heterocycles. The Morgan fingerprint density at radius 1 is 0.585 bits per heavy atom. The van der Waals surface area contributed by atoms with Crippen LogP contribution in [0.4, 0.5) is 26.3 Å². The highest BCUT2D eigenvalue weighted by molar-refractivity contribution is 8.07. The van der Waals surface area contributed by atoms with Crippen molar-refractivity contribution in [2.24, 2.45) is 0 Å². The molecule has 0 fully saturated rings. The number of aryl methyl sites for hydroxylation is 2. The molecule has 0 spiro atoms. The fourth-order valence-electron chi connectivity index (χ4n) is 8.21. The lowest BCUT2D eigenvalue weighted by atomic mass is 10.1. The minimum Gasteiger partial charge on any atom is -0.542 e. The fraction of sp³-hybridized carbons (Fsp3) is 0.194. The highest BCUT2D eigenvalue weighted by atomic mass is 32.8. The van der Waals surface area contributed by atoms with Crippen LogP contribution in [0.5, 0.6) is 11.5 Å². The van der Waals surface area contributed by atoms with E-state index in [9.17, 15) is 35.3 Å². The summed E-state index contributed by atoms with van der Waals surface area (Å²) < 4.78 is 95.1. The Bertz CT molecular complexity index is 3300. The summed E-state index contributed by atoms with van der Waals surface area (Å²) in [5.41, 5.74) is 4.17. The van der Waals surface area contributed by atoms with Crippen LogP contribution < -0.4 is 19.9 Å². The molecule has 0 bridgehead atoms. The summed E-state index contributed by atoms with van der Waals surface area (Å²) in [5.74, 6) is -3.24. The van der Waals surface area contributed by atoms with Gasteiger partial charge in [0, 0.05) is 64.7 Å². The minimum absolute atomic E-state index is 0.0924. The number of carboxylic acid groups (broad SMARTS) is 1. The first-order valence-corrected chi connectivity index (χ1v) is 30.6. The van der Waals surface area contributed by atoms with Crippen molar-refractivity contribution in [2.45, 2.75) is 95.3 Å². The number of nitrogens with one attached hydrogen (secondary N) is 1. The number of ether oxygens (including phenoxy) is 2. The number of amides is 1. The second-order valence-corrected chi connectivity index (χ2v) is 23.5. The first-order valence-electron chi connectivity index (χ1n) is 25.2. The molecule has 428 valence electrons. The van der Waals surface area contributed by atoms with Gasteiger partial charge in [0.2, 0.25) is 0 Å². The van der Waals surface area contributed by atoms with Crippen LogP contribution in [-0.2, 0) is 53.7 Å². The van der Waals surface area contributed by atoms with Crippen LogP contribution in [0.15, 0.2) is 244 Å². The minimum atomic E-state index is -5.19. The van der Waals surface area contributed by atoms with E-state index in [2.05, 4.69) is 126 Å². The first-order chi connectivity index (χ1) is 39.3. The number of carbonyl (C=O) groups excluding carboxylic acids is 2. The van der Waals surface area contributed by atoms with E-state index in [1.54, 1.807) is 23.5 Å². The van der Waals surface area contributed by atoms with Gasteiger partial charge in [-0.1, -0.05) is 151 Å². The Kier molecular flexibility index (Phi) is 24.6. The van der Waals surface area contributed by atoms with Gasteiger partial charge >= 0.3 is 18.3 Å². The lowest BCUT2D eigenvalue weighted by Gasteiger charge is -2.25. The largest absolute Gasteiger partial charge is 0.542 e. The summed E-state index contributed by atoms with van der Waals surface area (Å²) in [7, 11) is 1.85. The molecule has 0 aliphatic carbocycles. The van der Waals surface area contributed by atoms with Crippen LogP contribution in [-0.4, -0.2) is 60.5 Å². The number of benzene rings is 8. The quantitative estimate of drug-likeness (QED) is 0.0881. The number of para-hydroxylation sites is 1. The molecule has 2 aliphatic rings. The predicted octanol–water partition coefficient (Wildman–Crippen LogP) is 14.4. The molecule has 0 saturated carbocycles. The van der Waals surface area contributed by atoms with Crippen LogP contribution in [0.3, 0.4) is 0 Å². The summed E-state index contributed by atoms with van der Waals surface area (Å²) in [6, 6.07) is 66.8. The Morgan fingerprint density at radius 3 is 1.46 bits per heavy atom. The van der Waals surface area contributed by atoms with E-state index in [0.717, 1.165) is 56.5 Å². The molecule has 0 saturated heterocycles. The van der Waals surface area contributed by atoms with Crippen LogP contribution in [0.25, 0.3) is 0 Å². The zero-order valence-electron chi connectivity index (χ0n) is 44.6. The molecule has 8 aromatic rings. The van der Waals surface area contributed by atoms with E-state index in [-0.39, 0.29) is 30.0 Å².